The molecule has 1 aliphatic rings. The molecule has 2 aromatic carbocycles. The Labute approximate surface area is 187 Å². The second-order valence-corrected chi connectivity index (χ2v) is 8.07. The van der Waals surface area contributed by atoms with E-state index < -0.39 is 0 Å². The molecule has 3 aromatic rings. The van der Waals surface area contributed by atoms with Crippen LogP contribution < -0.4 is 9.47 Å². The molecule has 8 heteroatoms. The van der Waals surface area contributed by atoms with Gasteiger partial charge in [0.05, 0.1) is 20.3 Å². The van der Waals surface area contributed by atoms with Crippen LogP contribution in [-0.4, -0.2) is 60.4 Å². The standard InChI is InChI=1S/C24H29FN4O3/c1-16-13-21(30-3)22(31-4)14-19(16)15-28-9-11-29(12-10-28)17(2)23-26-27-24(32-23)18-5-7-20(25)8-6-18/h5-8,13-14,17H,9-12,15H2,1-4H3/t17-/m0/s1. The second kappa shape index (κ2) is 9.67. The van der Waals surface area contributed by atoms with Gasteiger partial charge in [0, 0.05) is 38.3 Å². The highest BCUT2D eigenvalue weighted by atomic mass is 19.1. The number of aromatic nitrogens is 2. The maximum absolute atomic E-state index is 13.2. The molecule has 0 bridgehead atoms. The highest BCUT2D eigenvalue weighted by molar-refractivity contribution is 5.52. The number of methoxy groups -OCH3 is 2. The first-order chi connectivity index (χ1) is 15.5. The van der Waals surface area contributed by atoms with E-state index in [9.17, 15) is 4.39 Å². The Balaban J connectivity index is 1.36. The molecule has 1 aliphatic heterocycles. The van der Waals surface area contributed by atoms with Gasteiger partial charge in [0.2, 0.25) is 11.8 Å². The molecule has 2 heterocycles. The number of aryl methyl sites for hydroxylation is 1. The topological polar surface area (TPSA) is 63.9 Å². The number of ether oxygens (including phenoxy) is 2. The molecule has 170 valence electrons. The van der Waals surface area contributed by atoms with Gasteiger partial charge in [0.1, 0.15) is 5.82 Å². The van der Waals surface area contributed by atoms with Crippen LogP contribution >= 0.6 is 0 Å². The van der Waals surface area contributed by atoms with Crippen molar-refractivity contribution in [2.75, 3.05) is 40.4 Å². The van der Waals surface area contributed by atoms with Gasteiger partial charge < -0.3 is 13.9 Å². The fourth-order valence-electron chi connectivity index (χ4n) is 4.01. The molecule has 1 atom stereocenters. The van der Waals surface area contributed by atoms with Gasteiger partial charge in [0.25, 0.3) is 0 Å². The molecular formula is C24H29FN4O3. The van der Waals surface area contributed by atoms with Gasteiger partial charge >= 0.3 is 0 Å². The number of hydrogen-bond donors (Lipinski definition) is 0. The van der Waals surface area contributed by atoms with Crippen molar-refractivity contribution in [2.45, 2.75) is 26.4 Å². The minimum Gasteiger partial charge on any atom is -0.493 e. The lowest BCUT2D eigenvalue weighted by Crippen LogP contribution is -2.46. The summed E-state index contributed by atoms with van der Waals surface area (Å²) >= 11 is 0. The van der Waals surface area contributed by atoms with Gasteiger partial charge in [-0.2, -0.15) is 0 Å². The summed E-state index contributed by atoms with van der Waals surface area (Å²) < 4.78 is 29.9. The number of hydrogen-bond acceptors (Lipinski definition) is 7. The van der Waals surface area contributed by atoms with E-state index in [2.05, 4.69) is 39.9 Å². The predicted octanol–water partition coefficient (Wildman–Crippen LogP) is 4.08. The summed E-state index contributed by atoms with van der Waals surface area (Å²) in [6.45, 7) is 8.74. The second-order valence-electron chi connectivity index (χ2n) is 8.07. The van der Waals surface area contributed by atoms with E-state index in [0.29, 0.717) is 17.3 Å². The average molecular weight is 441 g/mol. The molecule has 0 saturated carbocycles. The van der Waals surface area contributed by atoms with E-state index in [1.807, 2.05) is 6.07 Å². The third kappa shape index (κ3) is 4.76. The largest absolute Gasteiger partial charge is 0.493 e. The van der Waals surface area contributed by atoms with Crippen molar-refractivity contribution in [3.63, 3.8) is 0 Å². The van der Waals surface area contributed by atoms with Crippen LogP contribution in [0.4, 0.5) is 4.39 Å². The molecule has 4 rings (SSSR count). The Hall–Kier alpha value is -2.97. The third-order valence-electron chi connectivity index (χ3n) is 6.08. The van der Waals surface area contributed by atoms with Crippen molar-refractivity contribution >= 4 is 0 Å². The Morgan fingerprint density at radius 1 is 1.00 bits per heavy atom. The third-order valence-corrected chi connectivity index (χ3v) is 6.08. The monoisotopic (exact) mass is 440 g/mol. The van der Waals surface area contributed by atoms with Gasteiger partial charge in [-0.1, -0.05) is 0 Å². The summed E-state index contributed by atoms with van der Waals surface area (Å²) in [6, 6.07) is 10.2. The Morgan fingerprint density at radius 2 is 1.66 bits per heavy atom. The van der Waals surface area contributed by atoms with E-state index in [-0.39, 0.29) is 11.9 Å². The minimum absolute atomic E-state index is 0.0154. The van der Waals surface area contributed by atoms with E-state index in [4.69, 9.17) is 13.9 Å². The zero-order valence-electron chi connectivity index (χ0n) is 19.0. The highest BCUT2D eigenvalue weighted by Gasteiger charge is 2.26. The summed E-state index contributed by atoms with van der Waals surface area (Å²) in [4.78, 5) is 4.79. The van der Waals surface area contributed by atoms with Crippen LogP contribution in [0.2, 0.25) is 0 Å². The molecule has 0 spiro atoms. The van der Waals surface area contributed by atoms with Crippen molar-refractivity contribution in [2.24, 2.45) is 0 Å². The lowest BCUT2D eigenvalue weighted by Gasteiger charge is -2.37. The lowest BCUT2D eigenvalue weighted by atomic mass is 10.1. The molecule has 1 aromatic heterocycles. The Kier molecular flexibility index (Phi) is 6.72. The molecule has 0 unspecified atom stereocenters. The first-order valence-electron chi connectivity index (χ1n) is 10.8. The van der Waals surface area contributed by atoms with Gasteiger partial charge in [0.15, 0.2) is 11.5 Å². The van der Waals surface area contributed by atoms with E-state index in [1.54, 1.807) is 26.4 Å². The molecule has 32 heavy (non-hydrogen) atoms. The highest BCUT2D eigenvalue weighted by Crippen LogP contribution is 2.31. The summed E-state index contributed by atoms with van der Waals surface area (Å²) in [6.07, 6.45) is 0. The van der Waals surface area contributed by atoms with Crippen LogP contribution in [0, 0.1) is 12.7 Å². The molecule has 1 saturated heterocycles. The maximum atomic E-state index is 13.2. The molecule has 0 N–H and O–H groups in total. The predicted molar refractivity (Wildman–Crippen MR) is 119 cm³/mol. The Bertz CT molecular complexity index is 1050. The van der Waals surface area contributed by atoms with Crippen LogP contribution in [-0.2, 0) is 6.54 Å². The maximum Gasteiger partial charge on any atom is 0.247 e. The van der Waals surface area contributed by atoms with Crippen LogP contribution in [0.1, 0.15) is 30.0 Å². The summed E-state index contributed by atoms with van der Waals surface area (Å²) in [5, 5.41) is 8.38. The number of piperazine rings is 1. The number of nitrogens with zero attached hydrogens (tertiary/aromatic N) is 4. The molecule has 0 radical (unpaired) electrons. The van der Waals surface area contributed by atoms with E-state index in [0.717, 1.165) is 44.2 Å². The van der Waals surface area contributed by atoms with Crippen LogP contribution in [0.5, 0.6) is 11.5 Å². The first kappa shape index (κ1) is 22.2. The fraction of sp³-hybridized carbons (Fsp3) is 0.417. The molecule has 0 aliphatic carbocycles. The summed E-state index contributed by atoms with van der Waals surface area (Å²) in [5.74, 6) is 2.21. The normalized spacial score (nSPS) is 16.2. The van der Waals surface area contributed by atoms with Gasteiger partial charge in [-0.25, -0.2) is 4.39 Å². The van der Waals surface area contributed by atoms with Gasteiger partial charge in [-0.3, -0.25) is 9.80 Å². The number of halogens is 1. The fourth-order valence-corrected chi connectivity index (χ4v) is 4.01. The van der Waals surface area contributed by atoms with Gasteiger partial charge in [-0.15, -0.1) is 10.2 Å². The number of benzene rings is 2. The SMILES string of the molecule is COc1cc(C)c(CN2CCN([C@@H](C)c3nnc(-c4ccc(F)cc4)o3)CC2)cc1OC. The van der Waals surface area contributed by atoms with Crippen LogP contribution in [0.25, 0.3) is 11.5 Å². The molecule has 7 nitrogen and oxygen atoms in total. The zero-order valence-corrected chi connectivity index (χ0v) is 19.0. The van der Waals surface area contributed by atoms with Crippen molar-refractivity contribution < 1.29 is 18.3 Å². The zero-order chi connectivity index (χ0) is 22.7. The first-order valence-corrected chi connectivity index (χ1v) is 10.8. The van der Waals surface area contributed by atoms with Crippen molar-refractivity contribution in [1.29, 1.82) is 0 Å². The summed E-state index contributed by atoms with van der Waals surface area (Å²) in [7, 11) is 3.32. The summed E-state index contributed by atoms with van der Waals surface area (Å²) in [5.41, 5.74) is 3.15. The molecule has 0 amide bonds. The number of rotatable bonds is 7. The van der Waals surface area contributed by atoms with Crippen molar-refractivity contribution in [3.05, 3.63) is 59.2 Å². The Morgan fingerprint density at radius 3 is 2.31 bits per heavy atom. The average Bonchev–Trinajstić information content (AvgIpc) is 3.31. The minimum atomic E-state index is -0.289. The molecular weight excluding hydrogens is 411 g/mol. The van der Waals surface area contributed by atoms with Crippen molar-refractivity contribution in [3.8, 4) is 23.0 Å². The van der Waals surface area contributed by atoms with Crippen molar-refractivity contribution in [1.82, 2.24) is 20.0 Å². The van der Waals surface area contributed by atoms with Crippen LogP contribution in [0.15, 0.2) is 40.8 Å². The smallest absolute Gasteiger partial charge is 0.247 e. The van der Waals surface area contributed by atoms with E-state index in [1.165, 1.54) is 23.3 Å². The van der Waals surface area contributed by atoms with E-state index >= 15 is 0 Å². The quantitative estimate of drug-likeness (QED) is 0.549. The van der Waals surface area contributed by atoms with Gasteiger partial charge in [-0.05, 0) is 61.4 Å². The lowest BCUT2D eigenvalue weighted by molar-refractivity contribution is 0.0874. The van der Waals surface area contributed by atoms with Crippen LogP contribution in [0.3, 0.4) is 0 Å². The molecule has 1 fully saturated rings.